The molecule has 9 nitrogen and oxygen atoms in total. The molecule has 41 heavy (non-hydrogen) atoms. The molecule has 0 radical (unpaired) electrons. The first-order valence-corrected chi connectivity index (χ1v) is 14.1. The van der Waals surface area contributed by atoms with Gasteiger partial charge in [-0.1, -0.05) is 30.3 Å². The van der Waals surface area contributed by atoms with Crippen LogP contribution in [0.1, 0.15) is 18.5 Å². The van der Waals surface area contributed by atoms with Crippen LogP contribution in [0.3, 0.4) is 0 Å². The predicted octanol–water partition coefficient (Wildman–Crippen LogP) is 5.96. The molecular weight excluding hydrogens is 538 g/mol. The van der Waals surface area contributed by atoms with Crippen LogP contribution in [0.5, 0.6) is 5.75 Å². The largest absolute Gasteiger partial charge is 0.494 e. The van der Waals surface area contributed by atoms with Crippen molar-refractivity contribution >= 4 is 51.4 Å². The molecule has 0 saturated heterocycles. The van der Waals surface area contributed by atoms with Gasteiger partial charge < -0.3 is 29.7 Å². The Morgan fingerprint density at radius 3 is 2.76 bits per heavy atom. The van der Waals surface area contributed by atoms with Crippen molar-refractivity contribution < 1.29 is 9.53 Å². The molecule has 1 aliphatic heterocycles. The third-order valence-corrected chi connectivity index (χ3v) is 7.70. The van der Waals surface area contributed by atoms with Crippen LogP contribution in [0, 0.1) is 0 Å². The van der Waals surface area contributed by atoms with Gasteiger partial charge in [-0.2, -0.15) is 0 Å². The maximum atomic E-state index is 12.3. The number of halogens is 1. The molecule has 2 N–H and O–H groups in total. The lowest BCUT2D eigenvalue weighted by Crippen LogP contribution is -2.29. The number of amides is 1. The number of nitrogens with zero attached hydrogens (tertiary/aromatic N) is 5. The zero-order chi connectivity index (χ0) is 29.1. The van der Waals surface area contributed by atoms with Gasteiger partial charge in [0.05, 0.1) is 40.4 Å². The van der Waals surface area contributed by atoms with Crippen LogP contribution in [-0.4, -0.2) is 66.7 Å². The number of fused-ring (bicyclic) bond motifs is 3. The van der Waals surface area contributed by atoms with Gasteiger partial charge in [-0.05, 0) is 57.6 Å². The highest BCUT2D eigenvalue weighted by atomic mass is 35.5. The number of aromatic nitrogens is 3. The molecule has 1 aliphatic rings. The van der Waals surface area contributed by atoms with E-state index in [1.807, 2.05) is 51.5 Å². The second-order valence-corrected chi connectivity index (χ2v) is 10.9. The van der Waals surface area contributed by atoms with Crippen molar-refractivity contribution in [2.24, 2.45) is 0 Å². The van der Waals surface area contributed by atoms with E-state index in [0.29, 0.717) is 23.1 Å². The molecule has 3 heterocycles. The number of carbonyl (C=O) groups excluding carboxylic acids is 1. The fourth-order valence-corrected chi connectivity index (χ4v) is 5.63. The van der Waals surface area contributed by atoms with Gasteiger partial charge in [-0.25, -0.2) is 9.97 Å². The van der Waals surface area contributed by atoms with E-state index < -0.39 is 0 Å². The Hall–Kier alpha value is -4.08. The minimum Gasteiger partial charge on any atom is -0.494 e. The van der Waals surface area contributed by atoms with Gasteiger partial charge in [-0.3, -0.25) is 4.79 Å². The first-order chi connectivity index (χ1) is 19.8. The number of methoxy groups -OCH3 is 1. The molecule has 0 atom stereocenters. The fourth-order valence-electron chi connectivity index (χ4n) is 5.36. The number of para-hydroxylation sites is 1. The molecule has 2 aromatic heterocycles. The van der Waals surface area contributed by atoms with Crippen molar-refractivity contribution in [1.82, 2.24) is 19.4 Å². The molecule has 2 aromatic carbocycles. The summed E-state index contributed by atoms with van der Waals surface area (Å²) in [5, 5.41) is 8.11. The Kier molecular flexibility index (Phi) is 8.46. The molecule has 10 heteroatoms. The van der Waals surface area contributed by atoms with Gasteiger partial charge in [0.25, 0.3) is 0 Å². The van der Waals surface area contributed by atoms with Gasteiger partial charge in [0.15, 0.2) is 0 Å². The standard InChI is InChI=1S/C31H36ClN7O2/c1-6-28(40)34-23-18-24(27(41-5)19-26(23)38(4)17-16-37(2)3)36-31-33-14-13-22(35-31)29-20-10-9-11-21(32)30(20)39-15-8-7-12-25(29)39/h6,9-11,13-14,18-19H,1,7-8,12,15-17H2,2-5H3,(H,34,40)(H,33,35,36). The Bertz CT molecular complexity index is 1600. The number of nitrogens with one attached hydrogen (secondary N) is 2. The van der Waals surface area contributed by atoms with Crippen molar-refractivity contribution in [2.75, 3.05) is 56.9 Å². The molecule has 4 aromatic rings. The Balaban J connectivity index is 1.54. The maximum absolute atomic E-state index is 12.3. The second-order valence-electron chi connectivity index (χ2n) is 10.4. The summed E-state index contributed by atoms with van der Waals surface area (Å²) in [6, 6.07) is 11.7. The fraction of sp³-hybridized carbons (Fsp3) is 0.323. The number of carbonyl (C=O) groups is 1. The van der Waals surface area contributed by atoms with Crippen LogP contribution < -0.4 is 20.3 Å². The second kappa shape index (κ2) is 12.2. The summed E-state index contributed by atoms with van der Waals surface area (Å²) in [4.78, 5) is 26.0. The lowest BCUT2D eigenvalue weighted by molar-refractivity contribution is -0.111. The number of hydrogen-bond acceptors (Lipinski definition) is 7. The molecule has 1 amide bonds. The van der Waals surface area contributed by atoms with E-state index >= 15 is 0 Å². The Morgan fingerprint density at radius 2 is 2.00 bits per heavy atom. The van der Waals surface area contributed by atoms with Gasteiger partial charge in [-0.15, -0.1) is 0 Å². The van der Waals surface area contributed by atoms with Crippen molar-refractivity contribution in [3.63, 3.8) is 0 Å². The number of rotatable bonds is 10. The number of hydrogen-bond donors (Lipinski definition) is 2. The average molecular weight is 574 g/mol. The predicted molar refractivity (Wildman–Crippen MR) is 168 cm³/mol. The highest BCUT2D eigenvalue weighted by Gasteiger charge is 2.24. The van der Waals surface area contributed by atoms with Gasteiger partial charge in [0, 0.05) is 55.6 Å². The van der Waals surface area contributed by atoms with Crippen molar-refractivity contribution in [3.05, 3.63) is 66.0 Å². The van der Waals surface area contributed by atoms with Gasteiger partial charge in [0.2, 0.25) is 11.9 Å². The van der Waals surface area contributed by atoms with Crippen LogP contribution in [0.25, 0.3) is 22.2 Å². The van der Waals surface area contributed by atoms with Crippen LogP contribution in [-0.2, 0) is 17.8 Å². The van der Waals surface area contributed by atoms with E-state index in [1.165, 1.54) is 11.8 Å². The van der Waals surface area contributed by atoms with E-state index in [2.05, 4.69) is 42.6 Å². The number of benzene rings is 2. The third kappa shape index (κ3) is 5.87. The number of anilines is 4. The Morgan fingerprint density at radius 1 is 1.17 bits per heavy atom. The van der Waals surface area contributed by atoms with E-state index in [0.717, 1.165) is 71.8 Å². The molecule has 0 bridgehead atoms. The van der Waals surface area contributed by atoms with E-state index in [4.69, 9.17) is 21.3 Å². The van der Waals surface area contributed by atoms with E-state index in [1.54, 1.807) is 13.3 Å². The molecular formula is C31H36ClN7O2. The topological polar surface area (TPSA) is 87.5 Å². The number of ether oxygens (including phenoxy) is 1. The minimum absolute atomic E-state index is 0.300. The number of aryl methyl sites for hydroxylation is 1. The van der Waals surface area contributed by atoms with E-state index in [9.17, 15) is 4.79 Å². The van der Waals surface area contributed by atoms with Crippen molar-refractivity contribution in [1.29, 1.82) is 0 Å². The quantitative estimate of drug-likeness (QED) is 0.226. The van der Waals surface area contributed by atoms with Gasteiger partial charge in [0.1, 0.15) is 5.75 Å². The SMILES string of the molecule is C=CC(=O)Nc1cc(Nc2nccc(-c3c4n(c5c(Cl)cccc35)CCCC4)n2)c(OC)cc1N(C)CCN(C)C. The molecule has 0 spiro atoms. The summed E-state index contributed by atoms with van der Waals surface area (Å²) in [6.45, 7) is 6.15. The lowest BCUT2D eigenvalue weighted by Gasteiger charge is -2.26. The Labute approximate surface area is 245 Å². The summed E-state index contributed by atoms with van der Waals surface area (Å²) < 4.78 is 8.10. The molecule has 0 unspecified atom stereocenters. The van der Waals surface area contributed by atoms with Gasteiger partial charge >= 0.3 is 0 Å². The van der Waals surface area contributed by atoms with Crippen molar-refractivity contribution in [2.45, 2.75) is 25.8 Å². The van der Waals surface area contributed by atoms with Crippen LogP contribution in [0.4, 0.5) is 23.0 Å². The first kappa shape index (κ1) is 28.4. The molecule has 0 saturated carbocycles. The first-order valence-electron chi connectivity index (χ1n) is 13.7. The smallest absolute Gasteiger partial charge is 0.247 e. The highest BCUT2D eigenvalue weighted by Crippen LogP contribution is 2.41. The zero-order valence-corrected chi connectivity index (χ0v) is 24.8. The molecule has 0 fully saturated rings. The molecule has 0 aliphatic carbocycles. The summed E-state index contributed by atoms with van der Waals surface area (Å²) in [7, 11) is 7.65. The van der Waals surface area contributed by atoms with Crippen LogP contribution in [0.2, 0.25) is 5.02 Å². The van der Waals surface area contributed by atoms with E-state index in [-0.39, 0.29) is 5.91 Å². The summed E-state index contributed by atoms with van der Waals surface area (Å²) in [5.74, 6) is 0.716. The summed E-state index contributed by atoms with van der Waals surface area (Å²) in [6.07, 6.45) is 6.23. The maximum Gasteiger partial charge on any atom is 0.247 e. The normalized spacial score (nSPS) is 12.7. The highest BCUT2D eigenvalue weighted by molar-refractivity contribution is 6.35. The third-order valence-electron chi connectivity index (χ3n) is 7.40. The van der Waals surface area contributed by atoms with Crippen LogP contribution >= 0.6 is 11.6 Å². The minimum atomic E-state index is -0.300. The zero-order valence-electron chi connectivity index (χ0n) is 24.0. The van der Waals surface area contributed by atoms with Crippen molar-refractivity contribution in [3.8, 4) is 17.0 Å². The number of likely N-dealkylation sites (N-methyl/N-ethyl adjacent to an activating group) is 2. The summed E-state index contributed by atoms with van der Waals surface area (Å²) >= 11 is 6.68. The average Bonchev–Trinajstić information content (AvgIpc) is 3.31. The molecule has 5 rings (SSSR count). The lowest BCUT2D eigenvalue weighted by atomic mass is 10.0. The monoisotopic (exact) mass is 573 g/mol. The summed E-state index contributed by atoms with van der Waals surface area (Å²) in [5.41, 5.74) is 6.30. The van der Waals surface area contributed by atoms with Crippen LogP contribution in [0.15, 0.2) is 55.3 Å². The molecule has 214 valence electrons.